The number of hydrogen-bond acceptors (Lipinski definition) is 5. The third-order valence-electron chi connectivity index (χ3n) is 9.16. The third-order valence-corrected chi connectivity index (χ3v) is 9.92. The molecule has 0 saturated heterocycles. The van der Waals surface area contributed by atoms with Crippen molar-refractivity contribution in [2.75, 3.05) is 5.32 Å². The predicted octanol–water partition coefficient (Wildman–Crippen LogP) is 6.85. The number of aromatic nitrogens is 2. The molecule has 0 aliphatic heterocycles. The summed E-state index contributed by atoms with van der Waals surface area (Å²) in [6.07, 6.45) is 13.1. The lowest BCUT2D eigenvalue weighted by Crippen LogP contribution is -2.48. The first-order chi connectivity index (χ1) is 18.0. The number of thiazole rings is 1. The molecule has 4 saturated carbocycles. The summed E-state index contributed by atoms with van der Waals surface area (Å²) in [7, 11) is 0. The Morgan fingerprint density at radius 2 is 1.76 bits per heavy atom. The Bertz CT molecular complexity index is 1340. The number of pyridine rings is 1. The molecule has 7 rings (SSSR count). The van der Waals surface area contributed by atoms with Crippen molar-refractivity contribution in [3.05, 3.63) is 51.3 Å². The molecule has 1 amide bonds. The molecular weight excluding hydrogens is 482 g/mol. The quantitative estimate of drug-likeness (QED) is 0.303. The van der Waals surface area contributed by atoms with Crippen molar-refractivity contribution in [2.45, 2.75) is 89.5 Å². The minimum Gasteiger partial charge on any atom is -0.506 e. The highest BCUT2D eigenvalue weighted by atomic mass is 32.1. The Hall–Kier alpha value is -2.67. The molecule has 7 heteroatoms. The van der Waals surface area contributed by atoms with Crippen LogP contribution in [0, 0.1) is 17.8 Å². The number of unbranched alkanes of at least 4 members (excludes halogenated alkanes) is 4. The second-order valence-corrected chi connectivity index (χ2v) is 12.7. The number of hydrogen-bond donors (Lipinski definition) is 2. The predicted molar refractivity (Wildman–Crippen MR) is 149 cm³/mol. The molecule has 0 radical (unpaired) electrons. The Kier molecular flexibility index (Phi) is 6.59. The van der Waals surface area contributed by atoms with E-state index in [9.17, 15) is 14.7 Å². The number of aromatic hydroxyl groups is 1. The van der Waals surface area contributed by atoms with E-state index in [-0.39, 0.29) is 16.7 Å². The lowest BCUT2D eigenvalue weighted by atomic mass is 9.49. The van der Waals surface area contributed by atoms with Gasteiger partial charge in [0.15, 0.2) is 5.13 Å². The standard InChI is InChI=1S/C30H37N3O3S/c1-2-3-4-5-8-11-33-23-10-7-6-9-22(23)26(34)25(28(33)36)27(35)32-29-31-24(18-37-29)30-15-19-12-20(16-30)14-21(13-19)17-30/h6-7,9-10,18-21,34H,2-5,8,11-17H2,1H3,(H,31,32,35). The zero-order valence-electron chi connectivity index (χ0n) is 21.7. The highest BCUT2D eigenvalue weighted by molar-refractivity contribution is 7.14. The summed E-state index contributed by atoms with van der Waals surface area (Å²) >= 11 is 1.43. The molecule has 0 unspecified atom stereocenters. The highest BCUT2D eigenvalue weighted by Crippen LogP contribution is 2.60. The van der Waals surface area contributed by atoms with Gasteiger partial charge in [-0.2, -0.15) is 0 Å². The van der Waals surface area contributed by atoms with Crippen molar-refractivity contribution in [3.8, 4) is 5.75 Å². The van der Waals surface area contributed by atoms with Gasteiger partial charge in [0.05, 0.1) is 11.2 Å². The summed E-state index contributed by atoms with van der Waals surface area (Å²) in [5, 5.41) is 17.0. The monoisotopic (exact) mass is 519 g/mol. The van der Waals surface area contributed by atoms with Crippen LogP contribution in [0.2, 0.25) is 0 Å². The van der Waals surface area contributed by atoms with Gasteiger partial charge in [-0.1, -0.05) is 44.7 Å². The summed E-state index contributed by atoms with van der Waals surface area (Å²) in [4.78, 5) is 31.8. The number of anilines is 1. The fraction of sp³-hybridized carbons (Fsp3) is 0.567. The zero-order chi connectivity index (χ0) is 25.6. The van der Waals surface area contributed by atoms with Crippen LogP contribution in [0.3, 0.4) is 0 Å². The maximum atomic E-state index is 13.5. The average Bonchev–Trinajstić information content (AvgIpc) is 3.34. The smallest absolute Gasteiger partial charge is 0.267 e. The first-order valence-corrected chi connectivity index (χ1v) is 15.0. The second kappa shape index (κ2) is 9.90. The van der Waals surface area contributed by atoms with Crippen LogP contribution in [0.4, 0.5) is 5.13 Å². The highest BCUT2D eigenvalue weighted by Gasteiger charge is 2.52. The molecule has 37 heavy (non-hydrogen) atoms. The van der Waals surface area contributed by atoms with Gasteiger partial charge in [-0.3, -0.25) is 14.9 Å². The number of amides is 1. The Morgan fingerprint density at radius 3 is 2.46 bits per heavy atom. The lowest BCUT2D eigenvalue weighted by molar-refractivity contribution is -0.00688. The van der Waals surface area contributed by atoms with Gasteiger partial charge in [-0.15, -0.1) is 11.3 Å². The molecule has 0 spiro atoms. The van der Waals surface area contributed by atoms with E-state index in [1.807, 2.05) is 18.2 Å². The van der Waals surface area contributed by atoms with Gasteiger partial charge in [0, 0.05) is 22.7 Å². The van der Waals surface area contributed by atoms with Gasteiger partial charge >= 0.3 is 0 Å². The van der Waals surface area contributed by atoms with E-state index < -0.39 is 11.5 Å². The maximum absolute atomic E-state index is 13.5. The topological polar surface area (TPSA) is 84.2 Å². The summed E-state index contributed by atoms with van der Waals surface area (Å²) in [6.45, 7) is 2.70. The van der Waals surface area contributed by atoms with E-state index in [0.717, 1.165) is 49.1 Å². The van der Waals surface area contributed by atoms with Crippen molar-refractivity contribution in [3.63, 3.8) is 0 Å². The van der Waals surface area contributed by atoms with Crippen LogP contribution in [0.15, 0.2) is 34.4 Å². The Labute approximate surface area is 222 Å². The molecule has 3 aromatic rings. The zero-order valence-corrected chi connectivity index (χ0v) is 22.5. The number of rotatable bonds is 9. The van der Waals surface area contributed by atoms with Crippen LogP contribution in [0.1, 0.15) is 93.6 Å². The molecule has 1 aromatic carbocycles. The van der Waals surface area contributed by atoms with Gasteiger partial charge in [-0.25, -0.2) is 4.98 Å². The first kappa shape index (κ1) is 24.7. The molecule has 4 aliphatic rings. The number of carbonyl (C=O) groups excluding carboxylic acids is 1. The molecule has 6 nitrogen and oxygen atoms in total. The fourth-order valence-electron chi connectivity index (χ4n) is 7.85. The number of aryl methyl sites for hydroxylation is 1. The molecule has 4 aliphatic carbocycles. The van der Waals surface area contributed by atoms with Gasteiger partial charge in [0.25, 0.3) is 11.5 Å². The molecule has 2 heterocycles. The third kappa shape index (κ3) is 4.49. The first-order valence-electron chi connectivity index (χ1n) is 14.1. The van der Waals surface area contributed by atoms with Crippen molar-refractivity contribution < 1.29 is 9.90 Å². The number of benzene rings is 1. The van der Waals surface area contributed by atoms with E-state index in [1.54, 1.807) is 10.6 Å². The lowest BCUT2D eigenvalue weighted by Gasteiger charge is -2.56. The van der Waals surface area contributed by atoms with Crippen molar-refractivity contribution in [1.29, 1.82) is 0 Å². The molecule has 2 aromatic heterocycles. The average molecular weight is 520 g/mol. The minimum atomic E-state index is -0.584. The van der Waals surface area contributed by atoms with Gasteiger partial charge in [0.1, 0.15) is 11.3 Å². The van der Waals surface area contributed by atoms with Crippen LogP contribution in [-0.2, 0) is 12.0 Å². The molecule has 2 N–H and O–H groups in total. The number of carbonyl (C=O) groups is 1. The fourth-order valence-corrected chi connectivity index (χ4v) is 8.68. The SMILES string of the molecule is CCCCCCCn1c(=O)c(C(=O)Nc2nc(C34CC5CC(CC(C5)C3)C4)cs2)c(O)c2ccccc21. The van der Waals surface area contributed by atoms with Gasteiger partial charge in [0.2, 0.25) is 0 Å². The van der Waals surface area contributed by atoms with Crippen molar-refractivity contribution in [1.82, 2.24) is 9.55 Å². The van der Waals surface area contributed by atoms with Crippen LogP contribution < -0.4 is 10.9 Å². The Morgan fingerprint density at radius 1 is 1.08 bits per heavy atom. The van der Waals surface area contributed by atoms with Crippen LogP contribution in [0.5, 0.6) is 5.75 Å². The summed E-state index contributed by atoms with van der Waals surface area (Å²) in [5.74, 6) is 1.63. The number of nitrogens with one attached hydrogen (secondary N) is 1. The Balaban J connectivity index is 1.26. The summed E-state index contributed by atoms with van der Waals surface area (Å²) in [5.41, 5.74) is 1.29. The van der Waals surface area contributed by atoms with Crippen molar-refractivity contribution in [2.24, 2.45) is 17.8 Å². The van der Waals surface area contributed by atoms with E-state index in [2.05, 4.69) is 17.6 Å². The van der Waals surface area contributed by atoms with Crippen molar-refractivity contribution >= 4 is 33.3 Å². The minimum absolute atomic E-state index is 0.157. The van der Waals surface area contributed by atoms with E-state index in [1.165, 1.54) is 56.3 Å². The summed E-state index contributed by atoms with van der Waals surface area (Å²) in [6, 6.07) is 7.28. The normalized spacial score (nSPS) is 26.1. The largest absolute Gasteiger partial charge is 0.506 e. The van der Waals surface area contributed by atoms with E-state index >= 15 is 0 Å². The van der Waals surface area contributed by atoms with Crippen LogP contribution in [0.25, 0.3) is 10.9 Å². The molecule has 4 fully saturated rings. The molecular formula is C30H37N3O3S. The van der Waals surface area contributed by atoms with E-state index in [4.69, 9.17) is 4.98 Å². The maximum Gasteiger partial charge on any atom is 0.267 e. The van der Waals surface area contributed by atoms with Gasteiger partial charge in [-0.05, 0) is 74.8 Å². The van der Waals surface area contributed by atoms with Gasteiger partial charge < -0.3 is 9.67 Å². The van der Waals surface area contributed by atoms with E-state index in [0.29, 0.717) is 22.6 Å². The molecule has 4 bridgehead atoms. The molecule has 196 valence electrons. The molecule has 0 atom stereocenters. The number of nitrogens with zero attached hydrogens (tertiary/aromatic N) is 2. The number of para-hydroxylation sites is 1. The second-order valence-electron chi connectivity index (χ2n) is 11.8. The van der Waals surface area contributed by atoms with Crippen LogP contribution in [-0.4, -0.2) is 20.6 Å². The number of fused-ring (bicyclic) bond motifs is 1. The van der Waals surface area contributed by atoms with Crippen LogP contribution >= 0.6 is 11.3 Å². The summed E-state index contributed by atoms with van der Waals surface area (Å²) < 4.78 is 1.65.